The van der Waals surface area contributed by atoms with Crippen LogP contribution in [0.15, 0.2) is 42.9 Å². The predicted octanol–water partition coefficient (Wildman–Crippen LogP) is 1.90. The number of hydrogen-bond donors (Lipinski definition) is 3. The van der Waals surface area contributed by atoms with Crippen LogP contribution in [0, 0.1) is 18.7 Å². The Morgan fingerprint density at radius 1 is 1.19 bits per heavy atom. The van der Waals surface area contributed by atoms with E-state index >= 15 is 0 Å². The molecule has 1 saturated carbocycles. The third-order valence-electron chi connectivity index (χ3n) is 5.83. The summed E-state index contributed by atoms with van der Waals surface area (Å²) in [6.07, 6.45) is 2.08. The van der Waals surface area contributed by atoms with Gasteiger partial charge in [-0.25, -0.2) is 14.4 Å². The first kappa shape index (κ1) is 18.0. The van der Waals surface area contributed by atoms with E-state index in [1.165, 1.54) is 18.5 Å². The highest BCUT2D eigenvalue weighted by molar-refractivity contribution is 5.78. The van der Waals surface area contributed by atoms with E-state index in [4.69, 9.17) is 5.73 Å². The molecule has 2 aromatic heterocycles. The fourth-order valence-electron chi connectivity index (χ4n) is 4.35. The van der Waals surface area contributed by atoms with Crippen molar-refractivity contribution >= 4 is 11.0 Å². The molecule has 0 bridgehead atoms. The number of hydrogen-bond acceptors (Lipinski definition) is 5. The summed E-state index contributed by atoms with van der Waals surface area (Å²) in [6.45, 7) is 2.22. The Hall–Kier alpha value is -2.35. The number of aromatic nitrogens is 3. The summed E-state index contributed by atoms with van der Waals surface area (Å²) in [5.41, 5.74) is 8.47. The average Bonchev–Trinajstić information content (AvgIpc) is 3.21. The van der Waals surface area contributed by atoms with Gasteiger partial charge in [0.15, 0.2) is 0 Å². The topological polar surface area (TPSA) is 97.2 Å². The molecule has 1 fully saturated rings. The van der Waals surface area contributed by atoms with E-state index in [-0.39, 0.29) is 23.7 Å². The minimum atomic E-state index is -0.935. The zero-order valence-corrected chi connectivity index (χ0v) is 15.0. The molecule has 0 spiro atoms. The highest BCUT2D eigenvalue weighted by Crippen LogP contribution is 2.43. The average molecular weight is 370 g/mol. The molecule has 7 heteroatoms. The standard InChI is InChI=1S/C20H23FN4O2/c1-11-14-6-7-25(20(14)24-10-23-11)17-8-15(18(26)19(17)27)16(9-22)12-2-4-13(21)5-3-12/h2-7,10,15-19,26-27H,8-9,22H2,1H3/t15-,16-,17-,18-,19+/m1/s1. The largest absolute Gasteiger partial charge is 0.390 e. The summed E-state index contributed by atoms with van der Waals surface area (Å²) in [7, 11) is 0. The maximum absolute atomic E-state index is 13.3. The zero-order valence-electron chi connectivity index (χ0n) is 15.0. The quantitative estimate of drug-likeness (QED) is 0.652. The Bertz CT molecular complexity index is 943. The highest BCUT2D eigenvalue weighted by atomic mass is 19.1. The lowest BCUT2D eigenvalue weighted by molar-refractivity contribution is 0.00238. The number of aliphatic hydroxyl groups excluding tert-OH is 2. The molecule has 4 rings (SSSR count). The summed E-state index contributed by atoms with van der Waals surface area (Å²) in [4.78, 5) is 8.56. The van der Waals surface area contributed by atoms with Gasteiger partial charge in [0.25, 0.3) is 0 Å². The molecule has 27 heavy (non-hydrogen) atoms. The van der Waals surface area contributed by atoms with Gasteiger partial charge >= 0.3 is 0 Å². The lowest BCUT2D eigenvalue weighted by Crippen LogP contribution is -2.33. The van der Waals surface area contributed by atoms with Crippen molar-refractivity contribution in [2.75, 3.05) is 6.54 Å². The van der Waals surface area contributed by atoms with Crippen LogP contribution in [0.5, 0.6) is 0 Å². The number of nitrogens with two attached hydrogens (primary N) is 1. The Morgan fingerprint density at radius 3 is 2.63 bits per heavy atom. The number of fused-ring (bicyclic) bond motifs is 1. The second-order valence-corrected chi connectivity index (χ2v) is 7.26. The molecular weight excluding hydrogens is 347 g/mol. The van der Waals surface area contributed by atoms with Gasteiger partial charge in [-0.2, -0.15) is 0 Å². The van der Waals surface area contributed by atoms with Gasteiger partial charge in [0.05, 0.1) is 17.8 Å². The fourth-order valence-corrected chi connectivity index (χ4v) is 4.35. The van der Waals surface area contributed by atoms with Crippen molar-refractivity contribution in [3.05, 3.63) is 59.9 Å². The number of aryl methyl sites for hydroxylation is 1. The van der Waals surface area contributed by atoms with Gasteiger partial charge in [-0.15, -0.1) is 0 Å². The monoisotopic (exact) mass is 370 g/mol. The van der Waals surface area contributed by atoms with Crippen LogP contribution in [-0.4, -0.2) is 43.5 Å². The van der Waals surface area contributed by atoms with Crippen molar-refractivity contribution in [2.45, 2.75) is 37.5 Å². The second-order valence-electron chi connectivity index (χ2n) is 7.26. The molecule has 0 amide bonds. The van der Waals surface area contributed by atoms with E-state index in [0.717, 1.165) is 22.3 Å². The molecule has 6 nitrogen and oxygen atoms in total. The SMILES string of the molecule is Cc1ncnc2c1ccn2[C@@H]1C[C@H]([C@H](CN)c2ccc(F)cc2)[C@@H](O)[C@H]1O. The van der Waals surface area contributed by atoms with Crippen molar-refractivity contribution in [3.8, 4) is 0 Å². The fraction of sp³-hybridized carbons (Fsp3) is 0.400. The van der Waals surface area contributed by atoms with E-state index in [9.17, 15) is 14.6 Å². The van der Waals surface area contributed by atoms with Crippen molar-refractivity contribution in [1.82, 2.24) is 14.5 Å². The highest BCUT2D eigenvalue weighted by Gasteiger charge is 2.46. The molecule has 1 aliphatic rings. The van der Waals surface area contributed by atoms with Crippen LogP contribution in [0.2, 0.25) is 0 Å². The second kappa shape index (κ2) is 6.99. The lowest BCUT2D eigenvalue weighted by atomic mass is 9.83. The van der Waals surface area contributed by atoms with Crippen LogP contribution in [0.4, 0.5) is 4.39 Å². The van der Waals surface area contributed by atoms with Gasteiger partial charge in [0.2, 0.25) is 0 Å². The van der Waals surface area contributed by atoms with Crippen LogP contribution in [0.1, 0.15) is 29.6 Å². The Kier molecular flexibility index (Phi) is 4.67. The normalized spacial score (nSPS) is 26.6. The molecule has 0 unspecified atom stereocenters. The minimum absolute atomic E-state index is 0.168. The maximum Gasteiger partial charge on any atom is 0.143 e. The first-order chi connectivity index (χ1) is 13.0. The molecule has 2 heterocycles. The van der Waals surface area contributed by atoms with Crippen molar-refractivity contribution in [2.24, 2.45) is 11.7 Å². The molecule has 0 radical (unpaired) electrons. The maximum atomic E-state index is 13.3. The first-order valence-corrected chi connectivity index (χ1v) is 9.11. The number of rotatable bonds is 4. The molecule has 4 N–H and O–H groups in total. The Labute approximate surface area is 156 Å². The molecule has 0 aliphatic heterocycles. The van der Waals surface area contributed by atoms with Crippen LogP contribution in [-0.2, 0) is 0 Å². The first-order valence-electron chi connectivity index (χ1n) is 9.11. The molecule has 5 atom stereocenters. The smallest absolute Gasteiger partial charge is 0.143 e. The summed E-state index contributed by atoms with van der Waals surface area (Å²) in [5.74, 6) is -0.715. The number of nitrogens with zero attached hydrogens (tertiary/aromatic N) is 3. The van der Waals surface area contributed by atoms with Gasteiger partial charge in [-0.05, 0) is 49.6 Å². The summed E-state index contributed by atoms with van der Waals surface area (Å²) in [5, 5.41) is 22.4. The minimum Gasteiger partial charge on any atom is -0.390 e. The van der Waals surface area contributed by atoms with Crippen LogP contribution in [0.25, 0.3) is 11.0 Å². The van der Waals surface area contributed by atoms with Gasteiger partial charge < -0.3 is 20.5 Å². The van der Waals surface area contributed by atoms with Crippen molar-refractivity contribution in [3.63, 3.8) is 0 Å². The molecule has 1 aromatic carbocycles. The zero-order chi connectivity index (χ0) is 19.1. The van der Waals surface area contributed by atoms with E-state index in [0.29, 0.717) is 13.0 Å². The Morgan fingerprint density at radius 2 is 1.93 bits per heavy atom. The van der Waals surface area contributed by atoms with Gasteiger partial charge in [0, 0.05) is 17.5 Å². The van der Waals surface area contributed by atoms with Crippen LogP contribution in [0.3, 0.4) is 0 Å². The van der Waals surface area contributed by atoms with Crippen LogP contribution < -0.4 is 5.73 Å². The van der Waals surface area contributed by atoms with Gasteiger partial charge in [-0.1, -0.05) is 12.1 Å². The number of halogens is 1. The molecule has 142 valence electrons. The van der Waals surface area contributed by atoms with Gasteiger partial charge in [0.1, 0.15) is 23.9 Å². The number of benzene rings is 1. The molecular formula is C20H23FN4O2. The van der Waals surface area contributed by atoms with E-state index in [1.807, 2.05) is 23.8 Å². The third kappa shape index (κ3) is 3.01. The van der Waals surface area contributed by atoms with Crippen LogP contribution >= 0.6 is 0 Å². The molecule has 1 aliphatic carbocycles. The summed E-state index contributed by atoms with van der Waals surface area (Å²) in [6, 6.07) is 7.80. The third-order valence-corrected chi connectivity index (χ3v) is 5.83. The predicted molar refractivity (Wildman–Crippen MR) is 99.6 cm³/mol. The van der Waals surface area contributed by atoms with Crippen molar-refractivity contribution in [1.29, 1.82) is 0 Å². The molecule has 0 saturated heterocycles. The summed E-state index contributed by atoms with van der Waals surface area (Å²) >= 11 is 0. The summed E-state index contributed by atoms with van der Waals surface area (Å²) < 4.78 is 15.2. The number of aliphatic hydroxyl groups is 2. The van der Waals surface area contributed by atoms with E-state index in [1.54, 1.807) is 12.1 Å². The van der Waals surface area contributed by atoms with E-state index in [2.05, 4.69) is 9.97 Å². The molecule has 3 aromatic rings. The van der Waals surface area contributed by atoms with Crippen molar-refractivity contribution < 1.29 is 14.6 Å². The lowest BCUT2D eigenvalue weighted by Gasteiger charge is -2.25. The van der Waals surface area contributed by atoms with E-state index < -0.39 is 12.2 Å². The van der Waals surface area contributed by atoms with Gasteiger partial charge in [-0.3, -0.25) is 0 Å². The Balaban J connectivity index is 1.67.